The number of methoxy groups -OCH3 is 1. The quantitative estimate of drug-likeness (QED) is 0.240. The van der Waals surface area contributed by atoms with Crippen LogP contribution >= 0.6 is 0 Å². The highest BCUT2D eigenvalue weighted by molar-refractivity contribution is 5.93. The molecule has 0 bridgehead atoms. The first kappa shape index (κ1) is 25.4. The molecule has 0 fully saturated rings. The zero-order valence-corrected chi connectivity index (χ0v) is 17.7. The fraction of sp³-hybridized carbons (Fsp3) is 0.333. The van der Waals surface area contributed by atoms with Gasteiger partial charge in [-0.05, 0) is 6.07 Å². The average Bonchev–Trinajstić information content (AvgIpc) is 2.82. The second-order valence-electron chi connectivity index (χ2n) is 7.22. The van der Waals surface area contributed by atoms with Gasteiger partial charge in [0.05, 0.1) is 19.2 Å². The third kappa shape index (κ3) is 5.46. The number of fused-ring (bicyclic) bond motifs is 1. The molecule has 0 aliphatic heterocycles. The molecule has 1 heterocycles. The summed E-state index contributed by atoms with van der Waals surface area (Å²) in [6.07, 6.45) is -5.87. The molecule has 0 aliphatic rings. The monoisotopic (exact) mass is 485 g/mol. The van der Waals surface area contributed by atoms with Crippen LogP contribution < -0.4 is 14.8 Å². The maximum Gasteiger partial charge on any atom is 0.163 e. The summed E-state index contributed by atoms with van der Waals surface area (Å²) in [5.74, 6) is -3.28. The maximum absolute atomic E-state index is 14.1. The van der Waals surface area contributed by atoms with E-state index in [1.54, 1.807) is 0 Å². The normalized spacial score (nSPS) is 15.0. The Balaban J connectivity index is 1.86. The lowest BCUT2D eigenvalue weighted by molar-refractivity contribution is -0.121. The van der Waals surface area contributed by atoms with Crippen LogP contribution in [-0.4, -0.2) is 80.2 Å². The molecule has 0 spiro atoms. The van der Waals surface area contributed by atoms with Crippen LogP contribution in [0.4, 0.5) is 24.7 Å². The third-order valence-corrected chi connectivity index (χ3v) is 4.91. The Morgan fingerprint density at radius 3 is 2.18 bits per heavy atom. The van der Waals surface area contributed by atoms with E-state index in [1.807, 2.05) is 0 Å². The molecule has 0 unspecified atom stereocenters. The predicted octanol–water partition coefficient (Wildman–Crippen LogP) is 0.614. The smallest absolute Gasteiger partial charge is 0.163 e. The van der Waals surface area contributed by atoms with E-state index in [9.17, 15) is 33.6 Å². The number of aliphatic hydroxyl groups excluding tert-OH is 5. The van der Waals surface area contributed by atoms with Crippen LogP contribution in [0, 0.1) is 17.5 Å². The highest BCUT2D eigenvalue weighted by Gasteiger charge is 2.30. The lowest BCUT2D eigenvalue weighted by atomic mass is 10.0. The molecule has 0 saturated carbocycles. The minimum atomic E-state index is -1.83. The summed E-state index contributed by atoms with van der Waals surface area (Å²) in [6.45, 7) is -1.37. The number of halogens is 3. The summed E-state index contributed by atoms with van der Waals surface area (Å²) in [6, 6.07) is 3.78. The highest BCUT2D eigenvalue weighted by atomic mass is 19.1. The first-order valence-electron chi connectivity index (χ1n) is 9.86. The molecule has 184 valence electrons. The molecule has 1 aromatic heterocycles. The van der Waals surface area contributed by atoms with Gasteiger partial charge in [-0.2, -0.15) is 0 Å². The summed E-state index contributed by atoms with van der Waals surface area (Å²) in [4.78, 5) is 8.02. The van der Waals surface area contributed by atoms with Crippen molar-refractivity contribution in [3.05, 3.63) is 48.0 Å². The SMILES string of the molecule is COc1cc2c(Nc3c(F)cc(F)cc3F)ncnc2cc1OC[C@@H](O)[C@H](O)[C@@H](O)[C@H](O)CO. The molecule has 0 radical (unpaired) electrons. The molecule has 3 rings (SSSR count). The zero-order valence-electron chi connectivity index (χ0n) is 17.7. The number of benzene rings is 2. The lowest BCUT2D eigenvalue weighted by Crippen LogP contribution is -2.47. The van der Waals surface area contributed by atoms with Crippen LogP contribution in [-0.2, 0) is 0 Å². The van der Waals surface area contributed by atoms with Gasteiger partial charge in [-0.1, -0.05) is 0 Å². The van der Waals surface area contributed by atoms with Crippen molar-refractivity contribution in [2.45, 2.75) is 24.4 Å². The first-order chi connectivity index (χ1) is 16.2. The van der Waals surface area contributed by atoms with Crippen molar-refractivity contribution in [2.75, 3.05) is 25.6 Å². The van der Waals surface area contributed by atoms with Crippen molar-refractivity contribution >= 4 is 22.4 Å². The van der Waals surface area contributed by atoms with Gasteiger partial charge >= 0.3 is 0 Å². The largest absolute Gasteiger partial charge is 0.493 e. The van der Waals surface area contributed by atoms with Crippen molar-refractivity contribution in [1.29, 1.82) is 0 Å². The molecule has 0 amide bonds. The van der Waals surface area contributed by atoms with E-state index in [2.05, 4.69) is 15.3 Å². The number of hydrogen-bond donors (Lipinski definition) is 6. The molecular weight excluding hydrogens is 463 g/mol. The number of ether oxygens (including phenoxy) is 2. The second-order valence-corrected chi connectivity index (χ2v) is 7.22. The Morgan fingerprint density at radius 1 is 0.912 bits per heavy atom. The summed E-state index contributed by atoms with van der Waals surface area (Å²) < 4.78 is 52.0. The van der Waals surface area contributed by atoms with Crippen LogP contribution in [0.5, 0.6) is 11.5 Å². The molecule has 3 aromatic rings. The number of nitrogens with one attached hydrogen (secondary N) is 1. The van der Waals surface area contributed by atoms with Gasteiger partial charge in [-0.25, -0.2) is 23.1 Å². The summed E-state index contributed by atoms with van der Waals surface area (Å²) in [7, 11) is 1.30. The summed E-state index contributed by atoms with van der Waals surface area (Å²) in [5.41, 5.74) is -0.386. The summed E-state index contributed by atoms with van der Waals surface area (Å²) in [5, 5.41) is 50.6. The van der Waals surface area contributed by atoms with E-state index in [0.717, 1.165) is 6.33 Å². The van der Waals surface area contributed by atoms with E-state index >= 15 is 0 Å². The van der Waals surface area contributed by atoms with Gasteiger partial charge in [0.15, 0.2) is 23.1 Å². The number of hydrogen-bond acceptors (Lipinski definition) is 10. The van der Waals surface area contributed by atoms with E-state index in [0.29, 0.717) is 12.1 Å². The number of aliphatic hydroxyl groups is 5. The lowest BCUT2D eigenvalue weighted by Gasteiger charge is -2.25. The van der Waals surface area contributed by atoms with E-state index in [-0.39, 0.29) is 28.2 Å². The van der Waals surface area contributed by atoms with Crippen molar-refractivity contribution in [1.82, 2.24) is 9.97 Å². The number of aromatic nitrogens is 2. The van der Waals surface area contributed by atoms with Crippen molar-refractivity contribution in [3.63, 3.8) is 0 Å². The van der Waals surface area contributed by atoms with Crippen LogP contribution in [0.3, 0.4) is 0 Å². The third-order valence-electron chi connectivity index (χ3n) is 4.91. The number of nitrogens with zero attached hydrogens (tertiary/aromatic N) is 2. The topological polar surface area (TPSA) is 157 Å². The molecule has 0 saturated heterocycles. The minimum Gasteiger partial charge on any atom is -0.493 e. The number of anilines is 2. The van der Waals surface area contributed by atoms with Gasteiger partial charge in [0, 0.05) is 23.6 Å². The maximum atomic E-state index is 14.1. The molecule has 4 atom stereocenters. The molecular formula is C21H22F3N3O7. The highest BCUT2D eigenvalue weighted by Crippen LogP contribution is 2.35. The Kier molecular flexibility index (Phi) is 8.06. The molecule has 2 aromatic carbocycles. The Morgan fingerprint density at radius 2 is 1.56 bits per heavy atom. The van der Waals surface area contributed by atoms with Crippen molar-refractivity contribution in [2.24, 2.45) is 0 Å². The zero-order chi connectivity index (χ0) is 25.0. The average molecular weight is 485 g/mol. The van der Waals surface area contributed by atoms with Gasteiger partial charge in [0.1, 0.15) is 54.7 Å². The fourth-order valence-corrected chi connectivity index (χ4v) is 3.05. The van der Waals surface area contributed by atoms with Gasteiger partial charge in [-0.15, -0.1) is 0 Å². The molecule has 10 nitrogen and oxygen atoms in total. The van der Waals surface area contributed by atoms with E-state index in [4.69, 9.17) is 14.6 Å². The van der Waals surface area contributed by atoms with Gasteiger partial charge in [-0.3, -0.25) is 0 Å². The van der Waals surface area contributed by atoms with Gasteiger partial charge in [0.25, 0.3) is 0 Å². The Bertz CT molecular complexity index is 1130. The standard InChI is InChI=1S/C21H22F3N3O7/c1-33-16-4-10-13(5-17(16)34-7-15(30)20(32)19(31)14(29)6-28)25-8-26-21(10)27-18-11(23)2-9(22)3-12(18)24/h2-5,8,14-15,19-20,28-32H,6-7H2,1H3,(H,25,26,27)/t14-,15-,19+,20+/m1/s1. The predicted molar refractivity (Wildman–Crippen MR) is 112 cm³/mol. The van der Waals surface area contributed by atoms with Gasteiger partial charge < -0.3 is 40.3 Å². The van der Waals surface area contributed by atoms with E-state index in [1.165, 1.54) is 19.2 Å². The Labute approximate surface area is 190 Å². The van der Waals surface area contributed by atoms with Gasteiger partial charge in [0.2, 0.25) is 0 Å². The van der Waals surface area contributed by atoms with Crippen molar-refractivity contribution in [3.8, 4) is 11.5 Å². The van der Waals surface area contributed by atoms with Crippen LogP contribution in [0.15, 0.2) is 30.6 Å². The fourth-order valence-electron chi connectivity index (χ4n) is 3.05. The Hall–Kier alpha value is -3.23. The minimum absolute atomic E-state index is 0.0178. The summed E-state index contributed by atoms with van der Waals surface area (Å²) >= 11 is 0. The first-order valence-corrected chi connectivity index (χ1v) is 9.86. The van der Waals surface area contributed by atoms with Crippen LogP contribution in [0.2, 0.25) is 0 Å². The molecule has 34 heavy (non-hydrogen) atoms. The van der Waals surface area contributed by atoms with Crippen molar-refractivity contribution < 1.29 is 48.2 Å². The molecule has 6 N–H and O–H groups in total. The van der Waals surface area contributed by atoms with Crippen LogP contribution in [0.25, 0.3) is 10.9 Å². The molecule has 0 aliphatic carbocycles. The second kappa shape index (κ2) is 10.8. The molecule has 13 heteroatoms. The number of rotatable bonds is 10. The van der Waals surface area contributed by atoms with Crippen LogP contribution in [0.1, 0.15) is 0 Å². The van der Waals surface area contributed by atoms with E-state index < -0.39 is 60.8 Å².